The van der Waals surface area contributed by atoms with Crippen molar-refractivity contribution in [3.05, 3.63) is 35.4 Å². The number of hydrogen-bond acceptors (Lipinski definition) is 2. The molecule has 0 amide bonds. The Morgan fingerprint density at radius 1 is 1.53 bits per heavy atom. The largest absolute Gasteiger partial charge is 0.493 e. The van der Waals surface area contributed by atoms with Crippen LogP contribution in [0.4, 0.5) is 0 Å². The van der Waals surface area contributed by atoms with Gasteiger partial charge in [-0.3, -0.25) is 0 Å². The van der Waals surface area contributed by atoms with E-state index in [0.717, 1.165) is 23.0 Å². The number of carboxylic acids is 1. The zero-order valence-electron chi connectivity index (χ0n) is 8.86. The van der Waals surface area contributed by atoms with Gasteiger partial charge in [0.1, 0.15) is 5.75 Å². The predicted molar refractivity (Wildman–Crippen MR) is 59.0 cm³/mol. The van der Waals surface area contributed by atoms with Crippen molar-refractivity contribution in [1.29, 1.82) is 0 Å². The fourth-order valence-electron chi connectivity index (χ4n) is 1.22. The van der Waals surface area contributed by atoms with E-state index in [2.05, 4.69) is 0 Å². The molecule has 0 saturated heterocycles. The Morgan fingerprint density at radius 3 is 2.87 bits per heavy atom. The number of aliphatic carboxylic acids is 1. The third kappa shape index (κ3) is 3.46. The summed E-state index contributed by atoms with van der Waals surface area (Å²) in [4.78, 5) is 10.4. The summed E-state index contributed by atoms with van der Waals surface area (Å²) in [5.74, 6) is -0.243. The van der Waals surface area contributed by atoms with E-state index >= 15 is 0 Å². The van der Waals surface area contributed by atoms with Gasteiger partial charge in [-0.2, -0.15) is 0 Å². The summed E-state index contributed by atoms with van der Waals surface area (Å²) in [5, 5.41) is 8.52. The van der Waals surface area contributed by atoms with E-state index in [9.17, 15) is 4.79 Å². The van der Waals surface area contributed by atoms with Gasteiger partial charge in [0.05, 0.1) is 6.61 Å². The van der Waals surface area contributed by atoms with Crippen molar-refractivity contribution in [2.24, 2.45) is 0 Å². The predicted octanol–water partition coefficient (Wildman–Crippen LogP) is 2.49. The normalized spacial score (nSPS) is 10.5. The van der Waals surface area contributed by atoms with Crippen LogP contribution >= 0.6 is 0 Å². The van der Waals surface area contributed by atoms with Gasteiger partial charge in [0, 0.05) is 11.6 Å². The molecule has 1 aromatic carbocycles. The molecule has 1 rings (SSSR count). The van der Waals surface area contributed by atoms with E-state index < -0.39 is 5.97 Å². The maximum absolute atomic E-state index is 10.4. The Hall–Kier alpha value is -1.77. The molecule has 0 aliphatic carbocycles. The van der Waals surface area contributed by atoms with Crippen LogP contribution in [0.5, 0.6) is 5.75 Å². The Bertz CT molecular complexity index is 380. The van der Waals surface area contributed by atoms with E-state index in [-0.39, 0.29) is 0 Å². The zero-order chi connectivity index (χ0) is 11.3. The average molecular weight is 206 g/mol. The molecule has 0 aliphatic rings. The third-order valence-corrected chi connectivity index (χ3v) is 1.87. The van der Waals surface area contributed by atoms with Gasteiger partial charge in [0.25, 0.3) is 0 Å². The summed E-state index contributed by atoms with van der Waals surface area (Å²) in [7, 11) is 0. The number of carboxylic acid groups (broad SMARTS) is 1. The summed E-state index contributed by atoms with van der Waals surface area (Å²) in [6.45, 7) is 4.43. The van der Waals surface area contributed by atoms with Gasteiger partial charge in [0.15, 0.2) is 0 Å². The molecule has 0 bridgehead atoms. The highest BCUT2D eigenvalue weighted by molar-refractivity contribution is 5.85. The first-order valence-electron chi connectivity index (χ1n) is 4.78. The molecular formula is C12H14O3. The molecule has 15 heavy (non-hydrogen) atoms. The summed E-state index contributed by atoms with van der Waals surface area (Å²) in [6, 6.07) is 5.66. The molecule has 0 unspecified atom stereocenters. The van der Waals surface area contributed by atoms with Crippen LogP contribution < -0.4 is 4.74 Å². The fraction of sp³-hybridized carbons (Fsp3) is 0.250. The number of rotatable bonds is 4. The first-order valence-corrected chi connectivity index (χ1v) is 4.78. The van der Waals surface area contributed by atoms with E-state index in [1.54, 1.807) is 0 Å². The van der Waals surface area contributed by atoms with Gasteiger partial charge in [-0.1, -0.05) is 12.1 Å². The molecule has 3 heteroatoms. The molecule has 3 nitrogen and oxygen atoms in total. The monoisotopic (exact) mass is 206 g/mol. The quantitative estimate of drug-likeness (QED) is 0.770. The first kappa shape index (κ1) is 11.3. The van der Waals surface area contributed by atoms with Crippen molar-refractivity contribution >= 4 is 12.0 Å². The molecule has 0 saturated carbocycles. The highest BCUT2D eigenvalue weighted by atomic mass is 16.5. The lowest BCUT2D eigenvalue weighted by atomic mass is 10.1. The topological polar surface area (TPSA) is 46.5 Å². The van der Waals surface area contributed by atoms with Crippen molar-refractivity contribution in [3.8, 4) is 5.75 Å². The number of carbonyl (C=O) groups is 1. The molecular weight excluding hydrogens is 192 g/mol. The average Bonchev–Trinajstić information content (AvgIpc) is 2.17. The maximum Gasteiger partial charge on any atom is 0.328 e. The lowest BCUT2D eigenvalue weighted by molar-refractivity contribution is -0.131. The highest BCUT2D eigenvalue weighted by Crippen LogP contribution is 2.21. The van der Waals surface area contributed by atoms with Gasteiger partial charge in [0.2, 0.25) is 0 Å². The van der Waals surface area contributed by atoms with Crippen LogP contribution in [-0.4, -0.2) is 17.7 Å². The zero-order valence-corrected chi connectivity index (χ0v) is 8.86. The van der Waals surface area contributed by atoms with Crippen LogP contribution in [-0.2, 0) is 4.79 Å². The molecule has 80 valence electrons. The van der Waals surface area contributed by atoms with E-state index in [4.69, 9.17) is 9.84 Å². The number of benzene rings is 1. The second kappa shape index (κ2) is 5.20. The fourth-order valence-corrected chi connectivity index (χ4v) is 1.22. The summed E-state index contributed by atoms with van der Waals surface area (Å²) >= 11 is 0. The molecule has 0 atom stereocenters. The lowest BCUT2D eigenvalue weighted by Crippen LogP contribution is -1.95. The summed E-state index contributed by atoms with van der Waals surface area (Å²) in [5.41, 5.74) is 1.87. The van der Waals surface area contributed by atoms with Crippen LogP contribution in [0.2, 0.25) is 0 Å². The van der Waals surface area contributed by atoms with Crippen LogP contribution in [0.3, 0.4) is 0 Å². The first-order chi connectivity index (χ1) is 7.13. The molecule has 0 fully saturated rings. The van der Waals surface area contributed by atoms with Gasteiger partial charge in [-0.15, -0.1) is 0 Å². The van der Waals surface area contributed by atoms with Gasteiger partial charge in [-0.05, 0) is 31.6 Å². The standard InChI is InChI=1S/C12H14O3/c1-3-15-11-8-9(2)4-5-10(11)6-7-12(13)14/h4-8H,3H2,1-2H3,(H,13,14)/b7-6+. The second-order valence-electron chi connectivity index (χ2n) is 3.15. The number of ether oxygens (including phenoxy) is 1. The van der Waals surface area contributed by atoms with Crippen LogP contribution in [0, 0.1) is 6.92 Å². The number of hydrogen-bond donors (Lipinski definition) is 1. The molecule has 0 heterocycles. The summed E-state index contributed by atoms with van der Waals surface area (Å²) in [6.07, 6.45) is 2.64. The molecule has 1 aromatic rings. The van der Waals surface area contributed by atoms with Crippen LogP contribution in [0.25, 0.3) is 6.08 Å². The lowest BCUT2D eigenvalue weighted by Gasteiger charge is -2.07. The van der Waals surface area contributed by atoms with Crippen molar-refractivity contribution in [2.75, 3.05) is 6.61 Å². The van der Waals surface area contributed by atoms with Crippen molar-refractivity contribution in [2.45, 2.75) is 13.8 Å². The Balaban J connectivity index is 3.00. The van der Waals surface area contributed by atoms with Crippen LogP contribution in [0.15, 0.2) is 24.3 Å². The SMILES string of the molecule is CCOc1cc(C)ccc1/C=C/C(=O)O. The van der Waals surface area contributed by atoms with Crippen molar-refractivity contribution in [3.63, 3.8) is 0 Å². The van der Waals surface area contributed by atoms with E-state index in [1.165, 1.54) is 6.08 Å². The van der Waals surface area contributed by atoms with Gasteiger partial charge in [-0.25, -0.2) is 4.79 Å². The smallest absolute Gasteiger partial charge is 0.328 e. The minimum absolute atomic E-state index is 0.567. The van der Waals surface area contributed by atoms with Gasteiger partial charge < -0.3 is 9.84 Å². The second-order valence-corrected chi connectivity index (χ2v) is 3.15. The number of aryl methyl sites for hydroxylation is 1. The van der Waals surface area contributed by atoms with Crippen molar-refractivity contribution in [1.82, 2.24) is 0 Å². The van der Waals surface area contributed by atoms with E-state index in [0.29, 0.717) is 6.61 Å². The van der Waals surface area contributed by atoms with E-state index in [1.807, 2.05) is 32.0 Å². The molecule has 1 N–H and O–H groups in total. The third-order valence-electron chi connectivity index (χ3n) is 1.87. The Kier molecular flexibility index (Phi) is 3.92. The minimum Gasteiger partial charge on any atom is -0.493 e. The minimum atomic E-state index is -0.960. The maximum atomic E-state index is 10.4. The van der Waals surface area contributed by atoms with Crippen molar-refractivity contribution < 1.29 is 14.6 Å². The Labute approximate surface area is 89.0 Å². The summed E-state index contributed by atoms with van der Waals surface area (Å²) < 4.78 is 5.41. The highest BCUT2D eigenvalue weighted by Gasteiger charge is 2.00. The Morgan fingerprint density at radius 2 is 2.27 bits per heavy atom. The molecule has 0 spiro atoms. The molecule has 0 aromatic heterocycles. The van der Waals surface area contributed by atoms with Crippen LogP contribution in [0.1, 0.15) is 18.1 Å². The molecule has 0 radical (unpaired) electrons. The molecule has 0 aliphatic heterocycles. The van der Waals surface area contributed by atoms with Gasteiger partial charge >= 0.3 is 5.97 Å².